The molecule has 15 heavy (non-hydrogen) atoms. The topological polar surface area (TPSA) is 9.23 Å². The van der Waals surface area contributed by atoms with E-state index in [9.17, 15) is 0 Å². The van der Waals surface area contributed by atoms with Crippen molar-refractivity contribution in [3.05, 3.63) is 11.8 Å². The van der Waals surface area contributed by atoms with E-state index in [0.717, 1.165) is 10.6 Å². The molecule has 0 aliphatic rings. The molecule has 0 rings (SSSR count). The Hall–Kier alpha value is -0.153. The van der Waals surface area contributed by atoms with Crippen LogP contribution >= 0.6 is 12.2 Å². The minimum Gasteiger partial charge on any atom is -0.502 e. The van der Waals surface area contributed by atoms with E-state index in [1.54, 1.807) is 0 Å². The Labute approximate surface area is 103 Å². The van der Waals surface area contributed by atoms with Gasteiger partial charge in [-0.25, -0.2) is 0 Å². The van der Waals surface area contributed by atoms with Gasteiger partial charge in [0.25, 0.3) is 0 Å². The third-order valence-electron chi connectivity index (χ3n) is 1.97. The van der Waals surface area contributed by atoms with Crippen LogP contribution in [0.1, 0.15) is 41.5 Å². The van der Waals surface area contributed by atoms with E-state index in [4.69, 9.17) is 17.0 Å². The molecule has 0 saturated carbocycles. The van der Waals surface area contributed by atoms with Gasteiger partial charge in [-0.05, 0) is 11.5 Å². The molecule has 0 unspecified atom stereocenters. The number of hydrogen-bond donors (Lipinski definition) is 0. The minimum absolute atomic E-state index is 0.0119. The molecular formula is C12H21OSSi. The highest BCUT2D eigenvalue weighted by Gasteiger charge is 2.22. The number of hydrogen-bond acceptors (Lipinski definition) is 2. The zero-order valence-corrected chi connectivity index (χ0v) is 12.4. The van der Waals surface area contributed by atoms with Crippen LogP contribution in [0.3, 0.4) is 0 Å². The number of thiocarbonyl (C=S) groups is 1. The second-order valence-electron chi connectivity index (χ2n) is 5.66. The summed E-state index contributed by atoms with van der Waals surface area (Å²) in [5.74, 6) is 0.928. The largest absolute Gasteiger partial charge is 0.502 e. The van der Waals surface area contributed by atoms with E-state index in [1.165, 1.54) is 0 Å². The standard InChI is InChI=1S/C12H21OSSi/c1-11(2,3)9(13-8-15)7-10(14)12(4,5)6/h7H,8H2,1-6H3/b9-7-. The average molecular weight is 241 g/mol. The molecule has 0 aromatic carbocycles. The second kappa shape index (κ2) is 5.26. The van der Waals surface area contributed by atoms with Gasteiger partial charge < -0.3 is 4.74 Å². The fourth-order valence-corrected chi connectivity index (χ4v) is 1.15. The molecule has 0 N–H and O–H groups in total. The highest BCUT2D eigenvalue weighted by atomic mass is 32.1. The lowest BCUT2D eigenvalue weighted by atomic mass is 9.87. The van der Waals surface area contributed by atoms with Crippen LogP contribution in [0.4, 0.5) is 0 Å². The predicted octanol–water partition coefficient (Wildman–Crippen LogP) is 3.48. The molecule has 3 heteroatoms. The van der Waals surface area contributed by atoms with Crippen molar-refractivity contribution in [2.45, 2.75) is 41.5 Å². The highest BCUT2D eigenvalue weighted by molar-refractivity contribution is 7.80. The third-order valence-corrected chi connectivity index (χ3v) is 2.84. The molecule has 1 nitrogen and oxygen atoms in total. The van der Waals surface area contributed by atoms with Crippen molar-refractivity contribution in [1.82, 2.24) is 0 Å². The smallest absolute Gasteiger partial charge is 0.102 e. The molecule has 0 atom stereocenters. The summed E-state index contributed by atoms with van der Waals surface area (Å²) in [4.78, 5) is 0.924. The van der Waals surface area contributed by atoms with E-state index in [1.807, 2.05) is 6.08 Å². The Morgan fingerprint density at radius 1 is 1.13 bits per heavy atom. The summed E-state index contributed by atoms with van der Waals surface area (Å²) in [7, 11) is 3.32. The molecule has 0 spiro atoms. The number of allylic oxidation sites excluding steroid dienone is 2. The Morgan fingerprint density at radius 2 is 1.60 bits per heavy atom. The van der Waals surface area contributed by atoms with Crippen LogP contribution in [0.15, 0.2) is 11.8 Å². The summed E-state index contributed by atoms with van der Waals surface area (Å²) in [5.41, 5.74) is 0.00287. The van der Waals surface area contributed by atoms with Gasteiger partial charge in [-0.1, -0.05) is 53.8 Å². The van der Waals surface area contributed by atoms with Crippen molar-refractivity contribution < 1.29 is 4.74 Å². The van der Waals surface area contributed by atoms with Gasteiger partial charge in [0, 0.05) is 10.3 Å². The van der Waals surface area contributed by atoms with Crippen LogP contribution in [0.25, 0.3) is 0 Å². The van der Waals surface area contributed by atoms with Gasteiger partial charge in [-0.2, -0.15) is 0 Å². The van der Waals surface area contributed by atoms with Crippen LogP contribution in [-0.4, -0.2) is 21.3 Å². The highest BCUT2D eigenvalue weighted by Crippen LogP contribution is 2.28. The molecule has 0 aromatic rings. The van der Waals surface area contributed by atoms with Crippen LogP contribution in [-0.2, 0) is 4.74 Å². The van der Waals surface area contributed by atoms with E-state index >= 15 is 0 Å². The first kappa shape index (κ1) is 14.8. The van der Waals surface area contributed by atoms with Gasteiger partial charge in [-0.3, -0.25) is 0 Å². The lowest BCUT2D eigenvalue weighted by Gasteiger charge is -2.25. The van der Waals surface area contributed by atoms with E-state index in [2.05, 4.69) is 51.8 Å². The molecule has 0 aliphatic heterocycles. The van der Waals surface area contributed by atoms with Crippen molar-refractivity contribution >= 4 is 27.3 Å². The van der Waals surface area contributed by atoms with Gasteiger partial charge in [0.15, 0.2) is 0 Å². The molecule has 3 radical (unpaired) electrons. The van der Waals surface area contributed by atoms with Crippen molar-refractivity contribution in [3.63, 3.8) is 0 Å². The number of rotatable bonds is 3. The maximum atomic E-state index is 5.56. The predicted molar refractivity (Wildman–Crippen MR) is 71.3 cm³/mol. The summed E-state index contributed by atoms with van der Waals surface area (Å²) in [6.45, 7) is 12.7. The quantitative estimate of drug-likeness (QED) is 0.324. The summed E-state index contributed by atoms with van der Waals surface area (Å²) in [6.07, 6.45) is 2.48. The van der Waals surface area contributed by atoms with Crippen molar-refractivity contribution in [1.29, 1.82) is 0 Å². The molecule has 0 amide bonds. The van der Waals surface area contributed by atoms with Gasteiger partial charge in [0.05, 0.1) is 16.5 Å². The van der Waals surface area contributed by atoms with E-state index in [-0.39, 0.29) is 10.8 Å². The fraction of sp³-hybridized carbons (Fsp3) is 0.750. The normalized spacial score (nSPS) is 13.9. The second-order valence-corrected chi connectivity index (χ2v) is 6.39. The SMILES string of the molecule is CC(C)(C)C(=S)/C=C(\OC[Si])C(C)(C)C. The Balaban J connectivity index is 4.94. The van der Waals surface area contributed by atoms with Gasteiger partial charge in [0.2, 0.25) is 0 Å². The summed E-state index contributed by atoms with van der Waals surface area (Å²) >= 11 is 5.38. The molecule has 0 saturated heterocycles. The molecular weight excluding hydrogens is 220 g/mol. The van der Waals surface area contributed by atoms with E-state index in [0.29, 0.717) is 6.23 Å². The maximum Gasteiger partial charge on any atom is 0.102 e. The maximum absolute atomic E-state index is 5.56. The fourth-order valence-electron chi connectivity index (χ4n) is 0.888. The van der Waals surface area contributed by atoms with Crippen molar-refractivity contribution in [2.24, 2.45) is 10.8 Å². The zero-order valence-electron chi connectivity index (χ0n) is 10.6. The first-order valence-electron chi connectivity index (χ1n) is 5.13. The van der Waals surface area contributed by atoms with Crippen molar-refractivity contribution in [2.75, 3.05) is 6.23 Å². The Kier molecular flexibility index (Phi) is 5.20. The van der Waals surface area contributed by atoms with Gasteiger partial charge in [0.1, 0.15) is 5.76 Å². The molecule has 0 aliphatic carbocycles. The summed E-state index contributed by atoms with van der Waals surface area (Å²) in [5, 5.41) is 0. The first-order chi connectivity index (χ1) is 6.59. The van der Waals surface area contributed by atoms with Crippen LogP contribution in [0.5, 0.6) is 0 Å². The average Bonchev–Trinajstić information content (AvgIpc) is 1.99. The Bertz CT molecular complexity index is 256. The van der Waals surface area contributed by atoms with Crippen molar-refractivity contribution in [3.8, 4) is 0 Å². The third kappa shape index (κ3) is 5.47. The Morgan fingerprint density at radius 3 is 1.87 bits per heavy atom. The van der Waals surface area contributed by atoms with Crippen LogP contribution in [0.2, 0.25) is 0 Å². The lowest BCUT2D eigenvalue weighted by molar-refractivity contribution is 0.191. The molecule has 0 aromatic heterocycles. The first-order valence-corrected chi connectivity index (χ1v) is 6.24. The van der Waals surface area contributed by atoms with Crippen LogP contribution < -0.4 is 0 Å². The lowest BCUT2D eigenvalue weighted by Crippen LogP contribution is -2.20. The molecule has 85 valence electrons. The summed E-state index contributed by atoms with van der Waals surface area (Å²) < 4.78 is 5.56. The zero-order chi connectivity index (χ0) is 12.3. The van der Waals surface area contributed by atoms with Gasteiger partial charge >= 0.3 is 0 Å². The number of ether oxygens (including phenoxy) is 1. The molecule has 0 heterocycles. The molecule has 0 bridgehead atoms. The minimum atomic E-state index is -0.0119. The van der Waals surface area contributed by atoms with Crippen LogP contribution in [0, 0.1) is 10.8 Å². The molecule has 0 fully saturated rings. The van der Waals surface area contributed by atoms with E-state index < -0.39 is 0 Å². The van der Waals surface area contributed by atoms with Gasteiger partial charge in [-0.15, -0.1) is 0 Å². The monoisotopic (exact) mass is 241 g/mol. The summed E-state index contributed by atoms with van der Waals surface area (Å²) in [6, 6.07) is 0.